The first-order valence-electron chi connectivity index (χ1n) is 9.96. The number of hydrogen-bond acceptors (Lipinski definition) is 3. The molecule has 0 atom stereocenters. The molecule has 0 saturated heterocycles. The Bertz CT molecular complexity index is 955. The number of carboxylic acids is 1. The van der Waals surface area contributed by atoms with E-state index in [9.17, 15) is 14.4 Å². The van der Waals surface area contributed by atoms with Crippen LogP contribution >= 0.6 is 11.6 Å². The summed E-state index contributed by atoms with van der Waals surface area (Å²) in [5.41, 5.74) is 1.31. The largest absolute Gasteiger partial charge is 0.481 e. The maximum atomic E-state index is 12.6. The lowest BCUT2D eigenvalue weighted by Crippen LogP contribution is -2.35. The zero-order valence-electron chi connectivity index (χ0n) is 17.0. The van der Waals surface area contributed by atoms with Gasteiger partial charge in [-0.1, -0.05) is 72.6 Å². The van der Waals surface area contributed by atoms with Crippen LogP contribution in [0.15, 0.2) is 72.4 Å². The van der Waals surface area contributed by atoms with Gasteiger partial charge < -0.3 is 15.7 Å². The van der Waals surface area contributed by atoms with E-state index < -0.39 is 17.8 Å². The molecule has 0 aromatic heterocycles. The number of carbonyl (C=O) groups excluding carboxylic acids is 2. The second-order valence-electron chi connectivity index (χ2n) is 6.74. The van der Waals surface area contributed by atoms with E-state index in [1.165, 1.54) is 6.08 Å². The van der Waals surface area contributed by atoms with E-state index in [4.69, 9.17) is 16.7 Å². The lowest BCUT2D eigenvalue weighted by molar-refractivity contribution is -0.137. The third-order valence-electron chi connectivity index (χ3n) is 4.32. The number of nitrogens with one attached hydrogen (secondary N) is 2. The van der Waals surface area contributed by atoms with Crippen molar-refractivity contribution in [2.45, 2.75) is 25.7 Å². The summed E-state index contributed by atoms with van der Waals surface area (Å²) >= 11 is 6.08. The molecular formula is C24H25ClN2O4. The highest BCUT2D eigenvalue weighted by Gasteiger charge is 2.15. The first kappa shape index (κ1) is 23.9. The minimum atomic E-state index is -0.832. The van der Waals surface area contributed by atoms with Crippen molar-refractivity contribution < 1.29 is 19.5 Å². The number of allylic oxidation sites excluding steroid dienone is 2. The third kappa shape index (κ3) is 8.88. The van der Waals surface area contributed by atoms with Gasteiger partial charge in [-0.2, -0.15) is 0 Å². The summed E-state index contributed by atoms with van der Waals surface area (Å²) in [6.07, 6.45) is 7.02. The van der Waals surface area contributed by atoms with E-state index in [0.29, 0.717) is 25.8 Å². The number of carbonyl (C=O) groups is 3. The average molecular weight is 441 g/mol. The van der Waals surface area contributed by atoms with Crippen molar-refractivity contribution in [2.24, 2.45) is 0 Å². The molecule has 2 amide bonds. The van der Waals surface area contributed by atoms with Crippen LogP contribution in [0.2, 0.25) is 5.02 Å². The number of aliphatic carboxylic acids is 1. The Labute approximate surface area is 186 Å². The van der Waals surface area contributed by atoms with Gasteiger partial charge in [0.25, 0.3) is 11.8 Å². The Balaban J connectivity index is 2.04. The van der Waals surface area contributed by atoms with Crippen LogP contribution in [0.1, 0.15) is 41.6 Å². The van der Waals surface area contributed by atoms with Crippen molar-refractivity contribution in [3.63, 3.8) is 0 Å². The normalized spacial score (nSPS) is 11.3. The molecule has 0 aliphatic carbocycles. The van der Waals surface area contributed by atoms with Crippen LogP contribution in [0.25, 0.3) is 6.08 Å². The van der Waals surface area contributed by atoms with Crippen molar-refractivity contribution in [3.05, 3.63) is 88.6 Å². The van der Waals surface area contributed by atoms with Crippen LogP contribution < -0.4 is 10.6 Å². The van der Waals surface area contributed by atoms with Gasteiger partial charge >= 0.3 is 5.97 Å². The molecule has 2 aromatic rings. The van der Waals surface area contributed by atoms with Crippen LogP contribution in [0, 0.1) is 0 Å². The first-order chi connectivity index (χ1) is 15.0. The molecule has 0 unspecified atom stereocenters. The second kappa shape index (κ2) is 13.0. The lowest BCUT2D eigenvalue weighted by Gasteiger charge is -2.11. The summed E-state index contributed by atoms with van der Waals surface area (Å²) in [4.78, 5) is 35.8. The lowest BCUT2D eigenvalue weighted by atomic mass is 10.2. The van der Waals surface area contributed by atoms with Crippen LogP contribution in [-0.2, 0) is 9.59 Å². The van der Waals surface area contributed by atoms with E-state index in [2.05, 4.69) is 10.6 Å². The maximum absolute atomic E-state index is 12.6. The highest BCUT2D eigenvalue weighted by molar-refractivity contribution is 6.34. The molecule has 2 aromatic carbocycles. The van der Waals surface area contributed by atoms with E-state index in [0.717, 1.165) is 5.56 Å². The van der Waals surface area contributed by atoms with Gasteiger partial charge in [0.05, 0.1) is 10.6 Å². The van der Waals surface area contributed by atoms with Gasteiger partial charge in [-0.15, -0.1) is 0 Å². The van der Waals surface area contributed by atoms with Crippen LogP contribution in [0.5, 0.6) is 0 Å². The standard InChI is InChI=1S/C24H25ClN2O4/c25-20-14-7-6-13-19(20)23(30)27-21(15-9-12-18-10-3-1-4-11-18)24(31)26-17-8-2-5-16-22(28)29/h1,3-4,6-7,9-15H,2,5,8,16-17H2,(H,26,31)(H,27,30)(H,28,29)/b12-9+,21-15+. The Morgan fingerprint density at radius 2 is 1.65 bits per heavy atom. The summed E-state index contributed by atoms with van der Waals surface area (Å²) < 4.78 is 0. The molecule has 3 N–H and O–H groups in total. The molecule has 7 heteroatoms. The Kier molecular flexibility index (Phi) is 10.0. The number of carboxylic acid groups (broad SMARTS) is 1. The second-order valence-corrected chi connectivity index (χ2v) is 7.15. The monoisotopic (exact) mass is 440 g/mol. The first-order valence-corrected chi connectivity index (χ1v) is 10.3. The van der Waals surface area contributed by atoms with Crippen LogP contribution in [0.3, 0.4) is 0 Å². The van der Waals surface area contributed by atoms with Crippen LogP contribution in [-0.4, -0.2) is 29.4 Å². The zero-order chi connectivity index (χ0) is 22.5. The van der Waals surface area contributed by atoms with E-state index in [-0.39, 0.29) is 22.7 Å². The Hall–Kier alpha value is -3.38. The van der Waals surface area contributed by atoms with Crippen molar-refractivity contribution in [1.29, 1.82) is 0 Å². The molecule has 0 saturated carbocycles. The molecule has 0 heterocycles. The quantitative estimate of drug-likeness (QED) is 0.273. The fourth-order valence-electron chi connectivity index (χ4n) is 2.70. The summed E-state index contributed by atoms with van der Waals surface area (Å²) in [6.45, 7) is 0.375. The van der Waals surface area contributed by atoms with E-state index in [1.54, 1.807) is 30.3 Å². The molecule has 0 bridgehead atoms. The number of benzene rings is 2. The van der Waals surface area contributed by atoms with Crippen molar-refractivity contribution in [1.82, 2.24) is 10.6 Å². The molecule has 0 fully saturated rings. The van der Waals surface area contributed by atoms with Gasteiger partial charge in [0, 0.05) is 13.0 Å². The SMILES string of the molecule is O=C(O)CCCCCNC(=O)/C(=C\C=C\c1ccccc1)NC(=O)c1ccccc1Cl. The molecule has 0 spiro atoms. The molecule has 6 nitrogen and oxygen atoms in total. The molecule has 31 heavy (non-hydrogen) atoms. The van der Waals surface area contributed by atoms with Gasteiger partial charge in [0.2, 0.25) is 0 Å². The fraction of sp³-hybridized carbons (Fsp3) is 0.208. The smallest absolute Gasteiger partial charge is 0.303 e. The minimum absolute atomic E-state index is 0.0858. The maximum Gasteiger partial charge on any atom is 0.303 e. The van der Waals surface area contributed by atoms with Gasteiger partial charge in [-0.3, -0.25) is 14.4 Å². The summed E-state index contributed by atoms with van der Waals surface area (Å²) in [5.74, 6) is -1.75. The van der Waals surface area contributed by atoms with E-state index >= 15 is 0 Å². The zero-order valence-corrected chi connectivity index (χ0v) is 17.8. The number of unbranched alkanes of at least 4 members (excludes halogenated alkanes) is 2. The highest BCUT2D eigenvalue weighted by Crippen LogP contribution is 2.15. The van der Waals surface area contributed by atoms with Crippen molar-refractivity contribution in [2.75, 3.05) is 6.54 Å². The number of amides is 2. The molecule has 2 rings (SSSR count). The number of rotatable bonds is 11. The van der Waals surface area contributed by atoms with Crippen molar-refractivity contribution >= 4 is 35.5 Å². The van der Waals surface area contributed by atoms with E-state index in [1.807, 2.05) is 36.4 Å². The number of halogens is 1. The molecule has 162 valence electrons. The number of hydrogen-bond donors (Lipinski definition) is 3. The third-order valence-corrected chi connectivity index (χ3v) is 4.65. The molecule has 0 aliphatic rings. The minimum Gasteiger partial charge on any atom is -0.481 e. The van der Waals surface area contributed by atoms with Gasteiger partial charge in [0.1, 0.15) is 5.70 Å². The fourth-order valence-corrected chi connectivity index (χ4v) is 2.93. The van der Waals surface area contributed by atoms with Gasteiger partial charge in [-0.05, 0) is 36.6 Å². The Morgan fingerprint density at radius 1 is 0.935 bits per heavy atom. The molecule has 0 radical (unpaired) electrons. The van der Waals surface area contributed by atoms with Gasteiger partial charge in [-0.25, -0.2) is 0 Å². The summed E-state index contributed by atoms with van der Waals surface area (Å²) in [6, 6.07) is 16.1. The highest BCUT2D eigenvalue weighted by atomic mass is 35.5. The molecular weight excluding hydrogens is 416 g/mol. The topological polar surface area (TPSA) is 95.5 Å². The van der Waals surface area contributed by atoms with Crippen LogP contribution in [0.4, 0.5) is 0 Å². The molecule has 0 aliphatic heterocycles. The average Bonchev–Trinajstić information content (AvgIpc) is 2.76. The Morgan fingerprint density at radius 3 is 2.35 bits per heavy atom. The predicted molar refractivity (Wildman–Crippen MR) is 122 cm³/mol. The summed E-state index contributed by atoms with van der Waals surface area (Å²) in [5, 5.41) is 14.3. The predicted octanol–water partition coefficient (Wildman–Crippen LogP) is 4.43. The van der Waals surface area contributed by atoms with Gasteiger partial charge in [0.15, 0.2) is 0 Å². The van der Waals surface area contributed by atoms with Crippen molar-refractivity contribution in [3.8, 4) is 0 Å². The summed E-state index contributed by atoms with van der Waals surface area (Å²) in [7, 11) is 0.